The fourth-order valence-corrected chi connectivity index (χ4v) is 2.95. The highest BCUT2D eigenvalue weighted by Gasteiger charge is 2.42. The molecule has 1 fully saturated rings. The third-order valence-corrected chi connectivity index (χ3v) is 4.50. The molecule has 2 heterocycles. The zero-order valence-electron chi connectivity index (χ0n) is 13.7. The van der Waals surface area contributed by atoms with Crippen molar-refractivity contribution in [1.82, 2.24) is 10.2 Å². The van der Waals surface area contributed by atoms with Crippen molar-refractivity contribution in [1.29, 1.82) is 0 Å². The highest BCUT2D eigenvalue weighted by atomic mass is 19.3. The van der Waals surface area contributed by atoms with E-state index in [1.54, 1.807) is 0 Å². The molecule has 1 atom stereocenters. The molecular weight excluding hydrogens is 318 g/mol. The summed E-state index contributed by atoms with van der Waals surface area (Å²) in [6, 6.07) is 5.21. The van der Waals surface area contributed by atoms with Gasteiger partial charge in [0.2, 0.25) is 0 Å². The van der Waals surface area contributed by atoms with Crippen LogP contribution in [0, 0.1) is 5.92 Å². The Balaban J connectivity index is 1.61. The van der Waals surface area contributed by atoms with Crippen molar-refractivity contribution >= 4 is 6.03 Å². The van der Waals surface area contributed by atoms with E-state index in [0.29, 0.717) is 24.7 Å². The molecular formula is C17H22F2N2O3. The molecule has 0 aromatic heterocycles. The highest BCUT2D eigenvalue weighted by Crippen LogP contribution is 2.34. The van der Waals surface area contributed by atoms with E-state index in [0.717, 1.165) is 12.0 Å². The third kappa shape index (κ3) is 3.55. The minimum Gasteiger partial charge on any atom is -0.490 e. The average molecular weight is 340 g/mol. The fraction of sp³-hybridized carbons (Fsp3) is 0.588. The molecule has 1 saturated heterocycles. The van der Waals surface area contributed by atoms with Gasteiger partial charge in [-0.2, -0.15) is 0 Å². The summed E-state index contributed by atoms with van der Waals surface area (Å²) in [7, 11) is 0. The number of piperidine rings is 1. The number of para-hydroxylation sites is 1. The Morgan fingerprint density at radius 2 is 2.17 bits per heavy atom. The van der Waals surface area contributed by atoms with Crippen LogP contribution in [0.2, 0.25) is 0 Å². The molecule has 2 aliphatic rings. The van der Waals surface area contributed by atoms with E-state index in [1.165, 1.54) is 11.8 Å². The second-order valence-electron chi connectivity index (χ2n) is 6.31. The monoisotopic (exact) mass is 340 g/mol. The van der Waals surface area contributed by atoms with Crippen molar-refractivity contribution in [3.05, 3.63) is 23.8 Å². The Kier molecular flexibility index (Phi) is 4.78. The summed E-state index contributed by atoms with van der Waals surface area (Å²) < 4.78 is 38.4. The van der Waals surface area contributed by atoms with Crippen LogP contribution in [-0.4, -0.2) is 43.2 Å². The lowest BCUT2D eigenvalue weighted by molar-refractivity contribution is -0.0906. The maximum absolute atomic E-state index is 13.5. The van der Waals surface area contributed by atoms with Crippen LogP contribution in [0.1, 0.15) is 25.3 Å². The van der Waals surface area contributed by atoms with Crippen LogP contribution in [-0.2, 0) is 6.54 Å². The van der Waals surface area contributed by atoms with Crippen molar-refractivity contribution < 1.29 is 23.0 Å². The van der Waals surface area contributed by atoms with Gasteiger partial charge in [0.15, 0.2) is 11.5 Å². The van der Waals surface area contributed by atoms with E-state index in [1.807, 2.05) is 18.2 Å². The zero-order valence-corrected chi connectivity index (χ0v) is 13.7. The van der Waals surface area contributed by atoms with E-state index in [4.69, 9.17) is 9.47 Å². The summed E-state index contributed by atoms with van der Waals surface area (Å²) >= 11 is 0. The topological polar surface area (TPSA) is 50.8 Å². The summed E-state index contributed by atoms with van der Waals surface area (Å²) in [5.74, 6) is -2.21. The minimum absolute atomic E-state index is 0.0609. The second-order valence-corrected chi connectivity index (χ2v) is 6.31. The maximum Gasteiger partial charge on any atom is 0.317 e. The number of alkyl halides is 2. The average Bonchev–Trinajstić information content (AvgIpc) is 2.81. The molecule has 2 aliphatic heterocycles. The zero-order chi connectivity index (χ0) is 17.2. The van der Waals surface area contributed by atoms with E-state index >= 15 is 0 Å². The van der Waals surface area contributed by atoms with Gasteiger partial charge in [0.25, 0.3) is 5.92 Å². The lowest BCUT2D eigenvalue weighted by Gasteiger charge is -2.36. The molecule has 1 unspecified atom stereocenters. The van der Waals surface area contributed by atoms with Gasteiger partial charge in [0.1, 0.15) is 0 Å². The molecule has 2 amide bonds. The number of benzene rings is 1. The number of carbonyl (C=O) groups excluding carboxylic acids is 1. The van der Waals surface area contributed by atoms with Gasteiger partial charge < -0.3 is 19.7 Å². The minimum atomic E-state index is -2.70. The molecule has 24 heavy (non-hydrogen) atoms. The van der Waals surface area contributed by atoms with Gasteiger partial charge in [-0.15, -0.1) is 0 Å². The summed E-state index contributed by atoms with van der Waals surface area (Å²) in [5, 5.41) is 2.79. The normalized spacial score (nSPS) is 22.6. The van der Waals surface area contributed by atoms with Crippen LogP contribution in [0.15, 0.2) is 18.2 Å². The van der Waals surface area contributed by atoms with E-state index in [-0.39, 0.29) is 32.1 Å². The lowest BCUT2D eigenvalue weighted by Crippen LogP contribution is -2.51. The molecule has 7 heteroatoms. The van der Waals surface area contributed by atoms with Crippen LogP contribution in [0.25, 0.3) is 0 Å². The summed E-state index contributed by atoms with van der Waals surface area (Å²) in [6.07, 6.45) is 0.514. The molecule has 5 nitrogen and oxygen atoms in total. The SMILES string of the molecule is CC1CN(C(=O)NCc2cccc3c2OCCCO3)CCC1(F)F. The number of fused-ring (bicyclic) bond motifs is 1. The van der Waals surface area contributed by atoms with Gasteiger partial charge in [-0.05, 0) is 6.07 Å². The first-order valence-electron chi connectivity index (χ1n) is 8.25. The molecule has 1 aromatic carbocycles. The smallest absolute Gasteiger partial charge is 0.317 e. The number of amides is 2. The number of nitrogens with one attached hydrogen (secondary N) is 1. The Morgan fingerprint density at radius 3 is 2.96 bits per heavy atom. The molecule has 0 radical (unpaired) electrons. The van der Waals surface area contributed by atoms with Crippen molar-refractivity contribution in [3.8, 4) is 11.5 Å². The number of rotatable bonds is 2. The van der Waals surface area contributed by atoms with Crippen LogP contribution >= 0.6 is 0 Å². The second kappa shape index (κ2) is 6.83. The number of carbonyl (C=O) groups is 1. The summed E-state index contributed by atoms with van der Waals surface area (Å²) in [6.45, 7) is 3.04. The van der Waals surface area contributed by atoms with Gasteiger partial charge in [-0.3, -0.25) is 0 Å². The molecule has 0 aliphatic carbocycles. The lowest BCUT2D eigenvalue weighted by atomic mass is 9.96. The van der Waals surface area contributed by atoms with Crippen LogP contribution < -0.4 is 14.8 Å². The first kappa shape index (κ1) is 16.8. The molecule has 1 N–H and O–H groups in total. The largest absolute Gasteiger partial charge is 0.490 e. The Bertz CT molecular complexity index is 609. The van der Waals surface area contributed by atoms with E-state index in [9.17, 15) is 13.6 Å². The predicted molar refractivity (Wildman–Crippen MR) is 84.6 cm³/mol. The molecule has 3 rings (SSSR count). The number of halogens is 2. The van der Waals surface area contributed by atoms with Crippen LogP contribution in [0.4, 0.5) is 13.6 Å². The third-order valence-electron chi connectivity index (χ3n) is 4.50. The Hall–Kier alpha value is -2.05. The molecule has 0 bridgehead atoms. The highest BCUT2D eigenvalue weighted by molar-refractivity contribution is 5.74. The number of hydrogen-bond donors (Lipinski definition) is 1. The first-order chi connectivity index (χ1) is 11.5. The van der Waals surface area contributed by atoms with Crippen molar-refractivity contribution in [3.63, 3.8) is 0 Å². The molecule has 1 aromatic rings. The van der Waals surface area contributed by atoms with Crippen LogP contribution in [0.5, 0.6) is 11.5 Å². The fourth-order valence-electron chi connectivity index (χ4n) is 2.95. The van der Waals surface area contributed by atoms with Crippen molar-refractivity contribution in [2.75, 3.05) is 26.3 Å². The van der Waals surface area contributed by atoms with Gasteiger partial charge >= 0.3 is 6.03 Å². The maximum atomic E-state index is 13.5. The molecule has 132 valence electrons. The van der Waals surface area contributed by atoms with Gasteiger partial charge in [0, 0.05) is 44.0 Å². The quantitative estimate of drug-likeness (QED) is 0.900. The van der Waals surface area contributed by atoms with Crippen LogP contribution in [0.3, 0.4) is 0 Å². The standard InChI is InChI=1S/C17H22F2N2O3/c1-12-11-21(7-6-17(12,18)19)16(22)20-10-13-4-2-5-14-15(13)24-9-3-8-23-14/h2,4-5,12H,3,6-11H2,1H3,(H,20,22). The Labute approximate surface area is 139 Å². The van der Waals surface area contributed by atoms with Crippen molar-refractivity contribution in [2.24, 2.45) is 5.92 Å². The summed E-state index contributed by atoms with van der Waals surface area (Å²) in [5.41, 5.74) is 0.818. The number of ether oxygens (including phenoxy) is 2. The first-order valence-corrected chi connectivity index (χ1v) is 8.25. The number of nitrogens with zero attached hydrogens (tertiary/aromatic N) is 1. The molecule has 0 spiro atoms. The predicted octanol–water partition coefficient (Wildman–Crippen LogP) is 3.03. The summed E-state index contributed by atoms with van der Waals surface area (Å²) in [4.78, 5) is 13.7. The van der Waals surface area contributed by atoms with Gasteiger partial charge in [-0.1, -0.05) is 19.1 Å². The Morgan fingerprint density at radius 1 is 1.38 bits per heavy atom. The number of urea groups is 1. The molecule has 0 saturated carbocycles. The van der Waals surface area contributed by atoms with Crippen molar-refractivity contribution in [2.45, 2.75) is 32.2 Å². The van der Waals surface area contributed by atoms with Gasteiger partial charge in [0.05, 0.1) is 13.2 Å². The van der Waals surface area contributed by atoms with E-state index < -0.39 is 11.8 Å². The van der Waals surface area contributed by atoms with E-state index in [2.05, 4.69) is 5.32 Å². The number of hydrogen-bond acceptors (Lipinski definition) is 3. The number of likely N-dealkylation sites (tertiary alicyclic amines) is 1. The van der Waals surface area contributed by atoms with Gasteiger partial charge in [-0.25, -0.2) is 13.6 Å².